The Hall–Kier alpha value is -2.57. The molecule has 2 aromatic carbocycles. The van der Waals surface area contributed by atoms with Crippen LogP contribution in [0.3, 0.4) is 0 Å². The first-order chi connectivity index (χ1) is 13.6. The first kappa shape index (κ1) is 18.8. The summed E-state index contributed by atoms with van der Waals surface area (Å²) >= 11 is 7.45. The van der Waals surface area contributed by atoms with Crippen LogP contribution in [0.15, 0.2) is 64.5 Å². The Morgan fingerprint density at radius 1 is 1.14 bits per heavy atom. The summed E-state index contributed by atoms with van der Waals surface area (Å²) in [6.45, 7) is 0.848. The summed E-state index contributed by atoms with van der Waals surface area (Å²) in [5.74, 6) is -0.170. The quantitative estimate of drug-likeness (QED) is 0.356. The fourth-order valence-electron chi connectivity index (χ4n) is 3.49. The molecule has 0 unspecified atom stereocenters. The Kier molecular flexibility index (Phi) is 5.24. The number of thioether (sulfide) groups is 1. The van der Waals surface area contributed by atoms with E-state index in [0.29, 0.717) is 17.6 Å². The smallest absolute Gasteiger partial charge is 0.288 e. The molecule has 0 saturated heterocycles. The third-order valence-electron chi connectivity index (χ3n) is 4.88. The molecule has 2 aliphatic rings. The number of allylic oxidation sites excluding steroid dienone is 1. The van der Waals surface area contributed by atoms with Crippen molar-refractivity contribution in [3.8, 4) is 0 Å². The molecule has 2 aliphatic heterocycles. The standard InChI is InChI=1S/C21H17ClN2O3S/c22-17-10-9-15(12-18(17)24(26)27)20(25)16-8-4-5-11-23-19(13-28-21(16)23)14-6-2-1-3-7-14/h1-3,6-7,9-10,12-13H,4-5,8,11H2. The van der Waals surface area contributed by atoms with Crippen molar-refractivity contribution in [2.75, 3.05) is 6.54 Å². The van der Waals surface area contributed by atoms with E-state index >= 15 is 0 Å². The zero-order chi connectivity index (χ0) is 19.7. The third kappa shape index (κ3) is 3.45. The highest BCUT2D eigenvalue weighted by atomic mass is 35.5. The van der Waals surface area contributed by atoms with Crippen LogP contribution in [0, 0.1) is 10.1 Å². The van der Waals surface area contributed by atoms with Gasteiger partial charge in [-0.1, -0.05) is 53.7 Å². The highest BCUT2D eigenvalue weighted by molar-refractivity contribution is 8.06. The molecule has 142 valence electrons. The number of nitro groups is 1. The maximum Gasteiger partial charge on any atom is 0.288 e. The van der Waals surface area contributed by atoms with E-state index in [1.165, 1.54) is 12.1 Å². The van der Waals surface area contributed by atoms with E-state index in [1.807, 2.05) is 18.2 Å². The predicted octanol–water partition coefficient (Wildman–Crippen LogP) is 5.87. The van der Waals surface area contributed by atoms with Crippen molar-refractivity contribution < 1.29 is 9.72 Å². The number of Topliss-reactive ketones (excluding diaryl/α,β-unsaturated/α-hetero) is 1. The van der Waals surface area contributed by atoms with E-state index < -0.39 is 4.92 Å². The second kappa shape index (κ2) is 7.81. The summed E-state index contributed by atoms with van der Waals surface area (Å²) in [5, 5.41) is 14.2. The van der Waals surface area contributed by atoms with Gasteiger partial charge in [-0.05, 0) is 37.0 Å². The molecule has 4 rings (SSSR count). The molecule has 0 spiro atoms. The number of nitrogens with zero attached hydrogens (tertiary/aromatic N) is 2. The Morgan fingerprint density at radius 2 is 1.93 bits per heavy atom. The van der Waals surface area contributed by atoms with Crippen molar-refractivity contribution in [1.82, 2.24) is 4.90 Å². The zero-order valence-corrected chi connectivity index (χ0v) is 16.5. The van der Waals surface area contributed by atoms with Crippen LogP contribution in [0.1, 0.15) is 35.2 Å². The Labute approximate surface area is 171 Å². The Bertz CT molecular complexity index is 1020. The Morgan fingerprint density at radius 3 is 2.68 bits per heavy atom. The number of hydrogen-bond donors (Lipinski definition) is 0. The molecule has 0 aliphatic carbocycles. The van der Waals surface area contributed by atoms with Gasteiger partial charge in [0.1, 0.15) is 5.02 Å². The maximum atomic E-state index is 13.2. The van der Waals surface area contributed by atoms with Gasteiger partial charge in [0.2, 0.25) is 0 Å². The number of rotatable bonds is 4. The molecule has 0 atom stereocenters. The van der Waals surface area contributed by atoms with Gasteiger partial charge < -0.3 is 4.90 Å². The maximum absolute atomic E-state index is 13.2. The van der Waals surface area contributed by atoms with Crippen LogP contribution in [-0.4, -0.2) is 22.2 Å². The average Bonchev–Trinajstić information content (AvgIpc) is 3.00. The van der Waals surface area contributed by atoms with Crippen LogP contribution in [0.5, 0.6) is 0 Å². The van der Waals surface area contributed by atoms with E-state index in [0.717, 1.165) is 35.7 Å². The van der Waals surface area contributed by atoms with Crippen molar-refractivity contribution in [3.63, 3.8) is 0 Å². The minimum absolute atomic E-state index is 0.0324. The third-order valence-corrected chi connectivity index (χ3v) is 6.23. The lowest BCUT2D eigenvalue weighted by molar-refractivity contribution is -0.384. The molecular weight excluding hydrogens is 396 g/mol. The van der Waals surface area contributed by atoms with Crippen molar-refractivity contribution in [2.24, 2.45) is 0 Å². The van der Waals surface area contributed by atoms with Gasteiger partial charge in [0, 0.05) is 29.2 Å². The molecule has 5 nitrogen and oxygen atoms in total. The van der Waals surface area contributed by atoms with Crippen LogP contribution < -0.4 is 0 Å². The molecule has 7 heteroatoms. The Balaban J connectivity index is 1.72. The second-order valence-corrected chi connectivity index (χ2v) is 7.90. The van der Waals surface area contributed by atoms with Gasteiger partial charge in [0.25, 0.3) is 5.69 Å². The van der Waals surface area contributed by atoms with Crippen molar-refractivity contribution >= 4 is 40.5 Å². The lowest BCUT2D eigenvalue weighted by atomic mass is 9.99. The number of nitro benzene ring substituents is 1. The minimum atomic E-state index is -0.560. The molecule has 2 aromatic rings. The fraction of sp³-hybridized carbons (Fsp3) is 0.190. The summed E-state index contributed by atoms with van der Waals surface area (Å²) in [6.07, 6.45) is 2.54. The van der Waals surface area contributed by atoms with E-state index in [9.17, 15) is 14.9 Å². The molecule has 28 heavy (non-hydrogen) atoms. The molecule has 0 fully saturated rings. The summed E-state index contributed by atoms with van der Waals surface area (Å²) in [6, 6.07) is 14.4. The van der Waals surface area contributed by atoms with E-state index in [-0.39, 0.29) is 16.5 Å². The molecule has 0 amide bonds. The lowest BCUT2D eigenvalue weighted by Gasteiger charge is -2.23. The van der Waals surface area contributed by atoms with Gasteiger partial charge in [0.15, 0.2) is 5.78 Å². The monoisotopic (exact) mass is 412 g/mol. The number of carbonyl (C=O) groups excluding carboxylic acids is 1. The van der Waals surface area contributed by atoms with Gasteiger partial charge in [-0.15, -0.1) is 0 Å². The highest BCUT2D eigenvalue weighted by Gasteiger charge is 2.30. The molecule has 0 aromatic heterocycles. The molecule has 0 saturated carbocycles. The largest absolute Gasteiger partial charge is 0.335 e. The van der Waals surface area contributed by atoms with Crippen molar-refractivity contribution in [2.45, 2.75) is 19.3 Å². The number of ketones is 1. The zero-order valence-electron chi connectivity index (χ0n) is 14.9. The van der Waals surface area contributed by atoms with Gasteiger partial charge in [-0.3, -0.25) is 14.9 Å². The number of benzene rings is 2. The second-order valence-electron chi connectivity index (χ2n) is 6.63. The average molecular weight is 413 g/mol. The summed E-state index contributed by atoms with van der Waals surface area (Å²) in [7, 11) is 0. The summed E-state index contributed by atoms with van der Waals surface area (Å²) < 4.78 is 0. The summed E-state index contributed by atoms with van der Waals surface area (Å²) in [4.78, 5) is 26.1. The van der Waals surface area contributed by atoms with Crippen molar-refractivity contribution in [1.29, 1.82) is 0 Å². The van der Waals surface area contributed by atoms with Gasteiger partial charge in [0.05, 0.1) is 15.6 Å². The van der Waals surface area contributed by atoms with E-state index in [2.05, 4.69) is 22.4 Å². The van der Waals surface area contributed by atoms with Crippen LogP contribution in [0.2, 0.25) is 5.02 Å². The molecule has 2 heterocycles. The summed E-state index contributed by atoms with van der Waals surface area (Å²) in [5.41, 5.74) is 2.97. The van der Waals surface area contributed by atoms with Gasteiger partial charge >= 0.3 is 0 Å². The van der Waals surface area contributed by atoms with Gasteiger partial charge in [-0.2, -0.15) is 0 Å². The number of carbonyl (C=O) groups is 1. The van der Waals surface area contributed by atoms with E-state index in [1.54, 1.807) is 17.8 Å². The first-order valence-corrected chi connectivity index (χ1v) is 10.2. The molecule has 0 radical (unpaired) electrons. The topological polar surface area (TPSA) is 63.5 Å². The number of hydrogen-bond acceptors (Lipinski definition) is 5. The lowest BCUT2D eigenvalue weighted by Crippen LogP contribution is -2.19. The van der Waals surface area contributed by atoms with Crippen LogP contribution in [-0.2, 0) is 0 Å². The SMILES string of the molecule is O=C(C1=C2SC=C(c3ccccc3)N2CCCC1)c1ccc(Cl)c([N+](=O)[O-])c1. The van der Waals surface area contributed by atoms with E-state index in [4.69, 9.17) is 11.6 Å². The molecule has 0 bridgehead atoms. The molecule has 0 N–H and O–H groups in total. The predicted molar refractivity (Wildman–Crippen MR) is 112 cm³/mol. The number of halogens is 1. The van der Waals surface area contributed by atoms with Crippen LogP contribution in [0.4, 0.5) is 5.69 Å². The first-order valence-electron chi connectivity index (χ1n) is 8.98. The molecular formula is C21H17ClN2O3S. The minimum Gasteiger partial charge on any atom is -0.335 e. The fourth-order valence-corrected chi connectivity index (χ4v) is 4.82. The van der Waals surface area contributed by atoms with Crippen LogP contribution in [0.25, 0.3) is 5.70 Å². The van der Waals surface area contributed by atoms with Crippen LogP contribution >= 0.6 is 23.4 Å². The highest BCUT2D eigenvalue weighted by Crippen LogP contribution is 2.44. The number of fused-ring (bicyclic) bond motifs is 1. The van der Waals surface area contributed by atoms with Crippen molar-refractivity contribution in [3.05, 3.63) is 90.8 Å². The van der Waals surface area contributed by atoms with Gasteiger partial charge in [-0.25, -0.2) is 0 Å². The normalized spacial score (nSPS) is 16.5.